The van der Waals surface area contributed by atoms with Gasteiger partial charge in [0.25, 0.3) is 0 Å². The molecule has 0 saturated carbocycles. The van der Waals surface area contributed by atoms with Gasteiger partial charge in [-0.1, -0.05) is 20.8 Å². The Kier molecular flexibility index (Phi) is 7.05. The van der Waals surface area contributed by atoms with E-state index in [-0.39, 0.29) is 11.8 Å². The minimum Gasteiger partial charge on any atom is -0.347 e. The van der Waals surface area contributed by atoms with Gasteiger partial charge in [-0.25, -0.2) is 0 Å². The average Bonchev–Trinajstić information content (AvgIpc) is 2.26. The molecule has 0 rings (SSSR count). The monoisotopic (exact) mass is 271 g/mol. The van der Waals surface area contributed by atoms with Gasteiger partial charge in [0, 0.05) is 14.1 Å². The van der Waals surface area contributed by atoms with E-state index >= 15 is 0 Å². The van der Waals surface area contributed by atoms with Gasteiger partial charge in [-0.3, -0.25) is 9.59 Å². The first-order valence-corrected chi connectivity index (χ1v) is 6.89. The molecule has 1 unspecified atom stereocenters. The molecule has 0 aromatic carbocycles. The van der Waals surface area contributed by atoms with Gasteiger partial charge in [-0.2, -0.15) is 0 Å². The number of likely N-dealkylation sites (N-methyl/N-ethyl adjacent to an activating group) is 2. The summed E-state index contributed by atoms with van der Waals surface area (Å²) in [5.41, 5.74) is -0.670. The molecule has 0 aliphatic heterocycles. The Morgan fingerprint density at radius 2 is 1.74 bits per heavy atom. The molecular formula is C14H29N3O2. The summed E-state index contributed by atoms with van der Waals surface area (Å²) in [4.78, 5) is 25.8. The number of hydrogen-bond acceptors (Lipinski definition) is 3. The van der Waals surface area contributed by atoms with Crippen molar-refractivity contribution in [3.05, 3.63) is 0 Å². The lowest BCUT2D eigenvalue weighted by atomic mass is 9.99. The van der Waals surface area contributed by atoms with E-state index in [9.17, 15) is 9.59 Å². The number of carbonyl (C=O) groups is 2. The van der Waals surface area contributed by atoms with Gasteiger partial charge in [-0.15, -0.1) is 0 Å². The van der Waals surface area contributed by atoms with E-state index < -0.39 is 11.6 Å². The van der Waals surface area contributed by atoms with E-state index in [0.717, 1.165) is 0 Å². The van der Waals surface area contributed by atoms with Crippen molar-refractivity contribution in [2.75, 3.05) is 20.6 Å². The van der Waals surface area contributed by atoms with Gasteiger partial charge in [0.1, 0.15) is 6.04 Å². The molecule has 5 heteroatoms. The predicted octanol–water partition coefficient (Wildman–Crippen LogP) is 0.994. The summed E-state index contributed by atoms with van der Waals surface area (Å²) < 4.78 is 0. The molecule has 19 heavy (non-hydrogen) atoms. The normalized spacial score (nSPS) is 13.3. The molecule has 2 N–H and O–H groups in total. The average molecular weight is 271 g/mol. The van der Waals surface area contributed by atoms with Crippen molar-refractivity contribution in [3.63, 3.8) is 0 Å². The van der Waals surface area contributed by atoms with Crippen molar-refractivity contribution in [2.45, 2.75) is 52.6 Å². The van der Waals surface area contributed by atoms with Crippen LogP contribution in [0.15, 0.2) is 0 Å². The summed E-state index contributed by atoms with van der Waals surface area (Å²) in [5.74, 6) is 0.140. The number of rotatable bonds is 7. The molecule has 0 saturated heterocycles. The second kappa shape index (κ2) is 7.48. The summed E-state index contributed by atoms with van der Waals surface area (Å²) in [6, 6.07) is -0.458. The lowest BCUT2D eigenvalue weighted by molar-refractivity contribution is -0.136. The third-order valence-electron chi connectivity index (χ3n) is 2.94. The summed E-state index contributed by atoms with van der Waals surface area (Å²) in [6.07, 6.45) is 0.644. The van der Waals surface area contributed by atoms with Crippen LogP contribution in [0.1, 0.15) is 41.0 Å². The SMILES string of the molecule is CCNC(C)(C)C(=O)NC(CC(C)C)C(=O)N(C)C. The molecular weight excluding hydrogens is 242 g/mol. The van der Waals surface area contributed by atoms with Crippen molar-refractivity contribution in [1.82, 2.24) is 15.5 Å². The van der Waals surface area contributed by atoms with Gasteiger partial charge >= 0.3 is 0 Å². The van der Waals surface area contributed by atoms with Crippen LogP contribution in [0, 0.1) is 5.92 Å². The second-order valence-corrected chi connectivity index (χ2v) is 6.04. The van der Waals surface area contributed by atoms with Crippen LogP contribution in [0.5, 0.6) is 0 Å². The van der Waals surface area contributed by atoms with E-state index in [0.29, 0.717) is 18.9 Å². The lowest BCUT2D eigenvalue weighted by Gasteiger charge is -2.29. The Balaban J connectivity index is 4.82. The van der Waals surface area contributed by atoms with Crippen molar-refractivity contribution in [2.24, 2.45) is 5.92 Å². The van der Waals surface area contributed by atoms with Crippen LogP contribution >= 0.6 is 0 Å². The molecule has 0 aromatic rings. The third kappa shape index (κ3) is 6.05. The highest BCUT2D eigenvalue weighted by molar-refractivity contribution is 5.91. The van der Waals surface area contributed by atoms with Gasteiger partial charge in [0.2, 0.25) is 11.8 Å². The first-order chi connectivity index (χ1) is 8.61. The molecule has 0 fully saturated rings. The zero-order valence-corrected chi connectivity index (χ0v) is 13.3. The van der Waals surface area contributed by atoms with Gasteiger partial charge < -0.3 is 15.5 Å². The number of nitrogens with zero attached hydrogens (tertiary/aromatic N) is 1. The highest BCUT2D eigenvalue weighted by Crippen LogP contribution is 2.09. The maximum Gasteiger partial charge on any atom is 0.244 e. The summed E-state index contributed by atoms with van der Waals surface area (Å²) in [6.45, 7) is 10.4. The van der Waals surface area contributed by atoms with E-state index in [1.807, 2.05) is 34.6 Å². The Hall–Kier alpha value is -1.10. The zero-order valence-electron chi connectivity index (χ0n) is 13.3. The Morgan fingerprint density at radius 3 is 2.11 bits per heavy atom. The van der Waals surface area contributed by atoms with Crippen molar-refractivity contribution in [1.29, 1.82) is 0 Å². The molecule has 2 amide bonds. The van der Waals surface area contributed by atoms with E-state index in [1.165, 1.54) is 4.90 Å². The minimum atomic E-state index is -0.670. The third-order valence-corrected chi connectivity index (χ3v) is 2.94. The first kappa shape index (κ1) is 17.9. The maximum atomic E-state index is 12.2. The fraction of sp³-hybridized carbons (Fsp3) is 0.857. The summed E-state index contributed by atoms with van der Waals surface area (Å²) >= 11 is 0. The molecule has 0 aromatic heterocycles. The van der Waals surface area contributed by atoms with Crippen molar-refractivity contribution >= 4 is 11.8 Å². The lowest BCUT2D eigenvalue weighted by Crippen LogP contribution is -2.57. The molecule has 0 radical (unpaired) electrons. The molecule has 0 aliphatic rings. The quantitative estimate of drug-likeness (QED) is 0.726. The van der Waals surface area contributed by atoms with Gasteiger partial charge in [-0.05, 0) is 32.7 Å². The Bertz CT molecular complexity index is 312. The van der Waals surface area contributed by atoms with Crippen LogP contribution < -0.4 is 10.6 Å². The van der Waals surface area contributed by atoms with Gasteiger partial charge in [0.05, 0.1) is 5.54 Å². The molecule has 0 spiro atoms. The van der Waals surface area contributed by atoms with Gasteiger partial charge in [0.15, 0.2) is 0 Å². The topological polar surface area (TPSA) is 61.4 Å². The van der Waals surface area contributed by atoms with E-state index in [2.05, 4.69) is 10.6 Å². The summed E-state index contributed by atoms with van der Waals surface area (Å²) in [7, 11) is 3.41. The van der Waals surface area contributed by atoms with Crippen molar-refractivity contribution < 1.29 is 9.59 Å². The van der Waals surface area contributed by atoms with E-state index in [4.69, 9.17) is 0 Å². The molecule has 0 heterocycles. The number of carbonyl (C=O) groups excluding carboxylic acids is 2. The minimum absolute atomic E-state index is 0.0608. The highest BCUT2D eigenvalue weighted by Gasteiger charge is 2.31. The standard InChI is InChI=1S/C14H29N3O2/c1-8-15-14(4,5)13(19)16-11(9-10(2)3)12(18)17(6)7/h10-11,15H,8-9H2,1-7H3,(H,16,19). The Morgan fingerprint density at radius 1 is 1.21 bits per heavy atom. The molecule has 5 nitrogen and oxygen atoms in total. The molecule has 112 valence electrons. The number of nitrogens with one attached hydrogen (secondary N) is 2. The van der Waals surface area contributed by atoms with Crippen molar-refractivity contribution in [3.8, 4) is 0 Å². The highest BCUT2D eigenvalue weighted by atomic mass is 16.2. The van der Waals surface area contributed by atoms with Crippen LogP contribution in [0.3, 0.4) is 0 Å². The Labute approximate surface area is 117 Å². The fourth-order valence-corrected chi connectivity index (χ4v) is 1.87. The van der Waals surface area contributed by atoms with Crippen LogP contribution in [0.4, 0.5) is 0 Å². The molecule has 1 atom stereocenters. The fourth-order valence-electron chi connectivity index (χ4n) is 1.87. The number of amides is 2. The number of hydrogen-bond donors (Lipinski definition) is 2. The largest absolute Gasteiger partial charge is 0.347 e. The van der Waals surface area contributed by atoms with Crippen LogP contribution in [0.2, 0.25) is 0 Å². The summed E-state index contributed by atoms with van der Waals surface area (Å²) in [5, 5.41) is 5.97. The predicted molar refractivity (Wildman–Crippen MR) is 77.8 cm³/mol. The van der Waals surface area contributed by atoms with E-state index in [1.54, 1.807) is 14.1 Å². The smallest absolute Gasteiger partial charge is 0.244 e. The molecule has 0 aliphatic carbocycles. The van der Waals surface area contributed by atoms with Crippen LogP contribution in [-0.4, -0.2) is 48.9 Å². The van der Waals surface area contributed by atoms with Crippen LogP contribution in [-0.2, 0) is 9.59 Å². The first-order valence-electron chi connectivity index (χ1n) is 6.89. The molecule has 0 bridgehead atoms. The second-order valence-electron chi connectivity index (χ2n) is 6.04. The maximum absolute atomic E-state index is 12.2. The zero-order chi connectivity index (χ0) is 15.2. The van der Waals surface area contributed by atoms with Crippen LogP contribution in [0.25, 0.3) is 0 Å².